The molecule has 0 aliphatic carbocycles. The molecule has 3 heteroatoms. The van der Waals surface area contributed by atoms with Gasteiger partial charge in [0.2, 0.25) is 0 Å². The Morgan fingerprint density at radius 3 is 1.52 bits per heavy atom. The van der Waals surface area contributed by atoms with Gasteiger partial charge in [0.15, 0.2) is 0 Å². The second-order valence-electron chi connectivity index (χ2n) is 9.68. The first-order chi connectivity index (χ1) is 16.2. The number of hydrogen-bond acceptors (Lipinski definition) is 2. The minimum Gasteiger partial charge on any atom is -0.497 e. The van der Waals surface area contributed by atoms with Crippen molar-refractivity contribution in [1.82, 2.24) is 4.90 Å². The fourth-order valence-electron chi connectivity index (χ4n) is 4.48. The number of carbonyl (C=O) groups excluding carboxylic acids is 1. The van der Waals surface area contributed by atoms with Gasteiger partial charge in [-0.15, -0.1) is 0 Å². The van der Waals surface area contributed by atoms with Crippen LogP contribution in [0.3, 0.4) is 0 Å². The molecule has 0 heterocycles. The molecular weight excluding hydrogens is 406 g/mol. The summed E-state index contributed by atoms with van der Waals surface area (Å²) in [5.74, 6) is 0.917. The maximum atomic E-state index is 13.2. The summed E-state index contributed by atoms with van der Waals surface area (Å²) in [5, 5.41) is 0. The first-order valence-electron chi connectivity index (χ1n) is 14.2. The van der Waals surface area contributed by atoms with Gasteiger partial charge >= 0.3 is 0 Å². The van der Waals surface area contributed by atoms with Crippen LogP contribution in [0.25, 0.3) is 0 Å². The lowest BCUT2D eigenvalue weighted by Crippen LogP contribution is -2.33. The minimum atomic E-state index is 0.160. The number of rotatable bonds is 22. The summed E-state index contributed by atoms with van der Waals surface area (Å²) >= 11 is 0. The van der Waals surface area contributed by atoms with Crippen molar-refractivity contribution < 1.29 is 9.53 Å². The van der Waals surface area contributed by atoms with Crippen molar-refractivity contribution in [3.8, 4) is 5.75 Å². The van der Waals surface area contributed by atoms with Crippen LogP contribution in [0.1, 0.15) is 140 Å². The van der Waals surface area contributed by atoms with E-state index in [0.717, 1.165) is 37.2 Å². The number of unbranched alkanes of at least 4 members (excludes halogenated alkanes) is 16. The monoisotopic (exact) mass is 459 g/mol. The van der Waals surface area contributed by atoms with Crippen LogP contribution in [0.5, 0.6) is 5.75 Å². The summed E-state index contributed by atoms with van der Waals surface area (Å²) in [4.78, 5) is 15.3. The molecule has 0 aliphatic heterocycles. The first kappa shape index (κ1) is 29.5. The van der Waals surface area contributed by atoms with Crippen molar-refractivity contribution >= 4 is 5.91 Å². The van der Waals surface area contributed by atoms with E-state index in [-0.39, 0.29) is 5.91 Å². The fourth-order valence-corrected chi connectivity index (χ4v) is 4.48. The summed E-state index contributed by atoms with van der Waals surface area (Å²) in [6.07, 6.45) is 23.6. The zero-order chi connectivity index (χ0) is 24.0. The van der Waals surface area contributed by atoms with Crippen molar-refractivity contribution in [3.63, 3.8) is 0 Å². The second-order valence-corrected chi connectivity index (χ2v) is 9.68. The van der Waals surface area contributed by atoms with Gasteiger partial charge in [-0.1, -0.05) is 123 Å². The Morgan fingerprint density at radius 1 is 0.667 bits per heavy atom. The molecule has 0 atom stereocenters. The Labute approximate surface area is 205 Å². The molecule has 1 aromatic carbocycles. The predicted octanol–water partition coefficient (Wildman–Crippen LogP) is 9.20. The molecule has 33 heavy (non-hydrogen) atoms. The SMILES string of the molecule is CCCCCCCCCCCN(CCCCCCCCCCC)C(=O)c1cccc(OC)c1. The van der Waals surface area contributed by atoms with Gasteiger partial charge in [-0.25, -0.2) is 0 Å². The summed E-state index contributed by atoms with van der Waals surface area (Å²) in [7, 11) is 1.66. The molecule has 0 unspecified atom stereocenters. The van der Waals surface area contributed by atoms with E-state index < -0.39 is 0 Å². The molecule has 1 rings (SSSR count). The van der Waals surface area contributed by atoms with Gasteiger partial charge in [-0.2, -0.15) is 0 Å². The molecule has 0 aliphatic rings. The number of benzene rings is 1. The van der Waals surface area contributed by atoms with E-state index in [2.05, 4.69) is 18.7 Å². The third-order valence-corrected chi connectivity index (χ3v) is 6.67. The molecule has 0 saturated heterocycles. The van der Waals surface area contributed by atoms with Gasteiger partial charge in [0, 0.05) is 18.7 Å². The van der Waals surface area contributed by atoms with Gasteiger partial charge in [-0.05, 0) is 31.0 Å². The number of nitrogens with zero attached hydrogens (tertiary/aromatic N) is 1. The van der Waals surface area contributed by atoms with E-state index in [1.165, 1.54) is 103 Å². The summed E-state index contributed by atoms with van der Waals surface area (Å²) in [6.45, 7) is 6.30. The van der Waals surface area contributed by atoms with Crippen LogP contribution in [0.4, 0.5) is 0 Å². The van der Waals surface area contributed by atoms with Crippen molar-refractivity contribution in [2.45, 2.75) is 129 Å². The lowest BCUT2D eigenvalue weighted by Gasteiger charge is -2.23. The topological polar surface area (TPSA) is 29.5 Å². The molecule has 1 aromatic rings. The van der Waals surface area contributed by atoms with Crippen LogP contribution in [-0.4, -0.2) is 31.0 Å². The molecule has 1 amide bonds. The van der Waals surface area contributed by atoms with E-state index in [1.807, 2.05) is 24.3 Å². The molecule has 0 N–H and O–H groups in total. The van der Waals surface area contributed by atoms with E-state index in [9.17, 15) is 4.79 Å². The van der Waals surface area contributed by atoms with Gasteiger partial charge in [0.1, 0.15) is 5.75 Å². The van der Waals surface area contributed by atoms with Crippen molar-refractivity contribution in [3.05, 3.63) is 29.8 Å². The fraction of sp³-hybridized carbons (Fsp3) is 0.767. The minimum absolute atomic E-state index is 0.160. The first-order valence-corrected chi connectivity index (χ1v) is 14.2. The molecule has 0 spiro atoms. The lowest BCUT2D eigenvalue weighted by molar-refractivity contribution is 0.0748. The number of ether oxygens (including phenoxy) is 1. The van der Waals surface area contributed by atoms with Crippen LogP contribution in [-0.2, 0) is 0 Å². The summed E-state index contributed by atoms with van der Waals surface area (Å²) in [6, 6.07) is 7.62. The van der Waals surface area contributed by atoms with Gasteiger partial charge in [0.05, 0.1) is 7.11 Å². The lowest BCUT2D eigenvalue weighted by atomic mass is 10.1. The highest BCUT2D eigenvalue weighted by Gasteiger charge is 2.15. The van der Waals surface area contributed by atoms with Gasteiger partial charge in [-0.3, -0.25) is 4.79 Å². The molecular formula is C30H53NO2. The molecule has 190 valence electrons. The molecule has 0 radical (unpaired) electrons. The van der Waals surface area contributed by atoms with Crippen LogP contribution in [0.2, 0.25) is 0 Å². The van der Waals surface area contributed by atoms with Crippen molar-refractivity contribution in [1.29, 1.82) is 0 Å². The van der Waals surface area contributed by atoms with Crippen LogP contribution >= 0.6 is 0 Å². The number of amides is 1. The Balaban J connectivity index is 2.38. The quantitative estimate of drug-likeness (QED) is 0.162. The van der Waals surface area contributed by atoms with Gasteiger partial charge < -0.3 is 9.64 Å². The maximum absolute atomic E-state index is 13.2. The molecule has 0 fully saturated rings. The average Bonchev–Trinajstić information content (AvgIpc) is 2.85. The maximum Gasteiger partial charge on any atom is 0.253 e. The molecule has 0 aromatic heterocycles. The smallest absolute Gasteiger partial charge is 0.253 e. The van der Waals surface area contributed by atoms with Gasteiger partial charge in [0.25, 0.3) is 5.91 Å². The van der Waals surface area contributed by atoms with E-state index in [4.69, 9.17) is 4.74 Å². The number of methoxy groups -OCH3 is 1. The highest BCUT2D eigenvalue weighted by Crippen LogP contribution is 2.17. The number of carbonyl (C=O) groups is 1. The van der Waals surface area contributed by atoms with E-state index in [0.29, 0.717) is 0 Å². The largest absolute Gasteiger partial charge is 0.497 e. The predicted molar refractivity (Wildman–Crippen MR) is 143 cm³/mol. The molecule has 3 nitrogen and oxygen atoms in total. The average molecular weight is 460 g/mol. The zero-order valence-corrected chi connectivity index (χ0v) is 22.2. The molecule has 0 bridgehead atoms. The van der Waals surface area contributed by atoms with Crippen molar-refractivity contribution in [2.24, 2.45) is 0 Å². The Morgan fingerprint density at radius 2 is 1.09 bits per heavy atom. The van der Waals surface area contributed by atoms with E-state index in [1.54, 1.807) is 7.11 Å². The highest BCUT2D eigenvalue weighted by molar-refractivity contribution is 5.94. The van der Waals surface area contributed by atoms with Crippen LogP contribution in [0.15, 0.2) is 24.3 Å². The van der Waals surface area contributed by atoms with Crippen molar-refractivity contribution in [2.75, 3.05) is 20.2 Å². The standard InChI is InChI=1S/C30H53NO2/c1-4-6-8-10-12-14-16-18-20-25-31(26-21-19-17-15-13-11-9-7-5-2)30(32)28-23-22-24-29(27-28)33-3/h22-24,27H,4-21,25-26H2,1-3H3. The third kappa shape index (κ3) is 15.1. The zero-order valence-electron chi connectivity index (χ0n) is 22.2. The third-order valence-electron chi connectivity index (χ3n) is 6.67. The summed E-state index contributed by atoms with van der Waals surface area (Å²) < 4.78 is 5.33. The second kappa shape index (κ2) is 21.1. The normalized spacial score (nSPS) is 11.0. The summed E-state index contributed by atoms with van der Waals surface area (Å²) in [5.41, 5.74) is 0.751. The van der Waals surface area contributed by atoms with Crippen LogP contribution < -0.4 is 4.74 Å². The Hall–Kier alpha value is -1.51. The Bertz CT molecular complexity index is 564. The molecule has 0 saturated carbocycles. The van der Waals surface area contributed by atoms with Crippen LogP contribution in [0, 0.1) is 0 Å². The Kier molecular flexibility index (Phi) is 18.8. The number of hydrogen-bond donors (Lipinski definition) is 0. The van der Waals surface area contributed by atoms with E-state index >= 15 is 0 Å². The highest BCUT2D eigenvalue weighted by atomic mass is 16.5.